The molecule has 0 spiro atoms. The maximum absolute atomic E-state index is 11.5. The number of rotatable bonds is 7. The summed E-state index contributed by atoms with van der Waals surface area (Å²) in [7, 11) is 0. The van der Waals surface area contributed by atoms with E-state index in [1.54, 1.807) is 0 Å². The van der Waals surface area contributed by atoms with Gasteiger partial charge < -0.3 is 14.6 Å². The first-order valence-electron chi connectivity index (χ1n) is 8.63. The fourth-order valence-electron chi connectivity index (χ4n) is 2.81. The predicted molar refractivity (Wildman–Crippen MR) is 103 cm³/mol. The molecule has 1 amide bonds. The lowest BCUT2D eigenvalue weighted by Gasteiger charge is -2.12. The highest BCUT2D eigenvalue weighted by Gasteiger charge is 2.11. The molecular weight excluding hydrogens is 326 g/mol. The molecule has 0 aliphatic carbocycles. The number of hydrogen-bond acceptors (Lipinski definition) is 3. The predicted octanol–water partition coefficient (Wildman–Crippen LogP) is 3.53. The first-order chi connectivity index (χ1) is 12.6. The minimum absolute atomic E-state index is 0.213. The van der Waals surface area contributed by atoms with Crippen molar-refractivity contribution < 1.29 is 9.53 Å². The van der Waals surface area contributed by atoms with E-state index in [1.807, 2.05) is 36.4 Å². The zero-order valence-electron chi connectivity index (χ0n) is 15.2. The van der Waals surface area contributed by atoms with E-state index >= 15 is 0 Å². The smallest absolute Gasteiger partial charge is 0.243 e. The van der Waals surface area contributed by atoms with Gasteiger partial charge in [0, 0.05) is 0 Å². The Morgan fingerprint density at radius 3 is 2.81 bits per heavy atom. The molecule has 3 aromatic rings. The van der Waals surface area contributed by atoms with Crippen LogP contribution in [0.5, 0.6) is 5.75 Å². The van der Waals surface area contributed by atoms with Gasteiger partial charge in [-0.2, -0.15) is 0 Å². The number of amides is 1. The Morgan fingerprint density at radius 1 is 1.23 bits per heavy atom. The van der Waals surface area contributed by atoms with Gasteiger partial charge in [0.05, 0.1) is 24.1 Å². The molecule has 0 bridgehead atoms. The molecule has 1 aromatic heterocycles. The molecule has 0 saturated heterocycles. The quantitative estimate of drug-likeness (QED) is 0.664. The summed E-state index contributed by atoms with van der Waals surface area (Å²) in [6.07, 6.45) is 1.26. The molecule has 134 valence electrons. The summed E-state index contributed by atoms with van der Waals surface area (Å²) < 4.78 is 8.00. The summed E-state index contributed by atoms with van der Waals surface area (Å²) in [6.45, 7) is 9.15. The van der Waals surface area contributed by atoms with Gasteiger partial charge in [0.2, 0.25) is 5.91 Å². The van der Waals surface area contributed by atoms with Gasteiger partial charge in [-0.05, 0) is 55.3 Å². The standard InChI is InChI=1S/C21H23N3O2/c1-4-21(25)22-14-20-23-18-7-5-6-8-19(18)24(20)11-12-26-17-10-9-15(2)16(3)13-17/h4-10,13H,1,11-12,14H2,2-3H3,(H,22,25). The molecule has 0 aliphatic heterocycles. The number of nitrogens with zero attached hydrogens (tertiary/aromatic N) is 2. The molecule has 1 N–H and O–H groups in total. The van der Waals surface area contributed by atoms with E-state index < -0.39 is 0 Å². The van der Waals surface area contributed by atoms with Crippen LogP contribution < -0.4 is 10.1 Å². The fourth-order valence-corrected chi connectivity index (χ4v) is 2.81. The average Bonchev–Trinajstić information content (AvgIpc) is 3.00. The fraction of sp³-hybridized carbons (Fsp3) is 0.238. The Bertz CT molecular complexity index is 944. The van der Waals surface area contributed by atoms with Crippen LogP contribution in [0.15, 0.2) is 55.1 Å². The highest BCUT2D eigenvalue weighted by Crippen LogP contribution is 2.18. The van der Waals surface area contributed by atoms with Crippen LogP contribution in [0.4, 0.5) is 0 Å². The summed E-state index contributed by atoms with van der Waals surface area (Å²) in [5, 5.41) is 2.79. The number of ether oxygens (including phenoxy) is 1. The van der Waals surface area contributed by atoms with Crippen molar-refractivity contribution >= 4 is 16.9 Å². The molecule has 3 rings (SSSR count). The van der Waals surface area contributed by atoms with Crippen molar-refractivity contribution in [1.82, 2.24) is 14.9 Å². The largest absolute Gasteiger partial charge is 0.492 e. The molecular formula is C21H23N3O2. The lowest BCUT2D eigenvalue weighted by molar-refractivity contribution is -0.116. The third kappa shape index (κ3) is 3.94. The molecule has 0 aliphatic rings. The molecule has 2 aromatic carbocycles. The SMILES string of the molecule is C=CC(=O)NCc1nc2ccccc2n1CCOc1ccc(C)c(C)c1. The second-order valence-electron chi connectivity index (χ2n) is 6.18. The zero-order valence-corrected chi connectivity index (χ0v) is 15.2. The number of benzene rings is 2. The number of fused-ring (bicyclic) bond motifs is 1. The maximum atomic E-state index is 11.5. The minimum atomic E-state index is -0.213. The van der Waals surface area contributed by atoms with Gasteiger partial charge >= 0.3 is 0 Å². The number of hydrogen-bond donors (Lipinski definition) is 1. The van der Waals surface area contributed by atoms with Crippen LogP contribution in [0, 0.1) is 13.8 Å². The van der Waals surface area contributed by atoms with Gasteiger partial charge in [-0.3, -0.25) is 4.79 Å². The van der Waals surface area contributed by atoms with Gasteiger partial charge in [0.1, 0.15) is 18.2 Å². The van der Waals surface area contributed by atoms with E-state index in [1.165, 1.54) is 17.2 Å². The monoisotopic (exact) mass is 349 g/mol. The Hall–Kier alpha value is -3.08. The summed E-state index contributed by atoms with van der Waals surface area (Å²) in [5.41, 5.74) is 4.39. The van der Waals surface area contributed by atoms with Crippen LogP contribution in [0.3, 0.4) is 0 Å². The van der Waals surface area contributed by atoms with Crippen molar-refractivity contribution in [3.8, 4) is 5.75 Å². The number of aromatic nitrogens is 2. The molecule has 0 saturated carbocycles. The van der Waals surface area contributed by atoms with E-state index in [0.717, 1.165) is 22.6 Å². The number of carbonyl (C=O) groups excluding carboxylic acids is 1. The first-order valence-corrected chi connectivity index (χ1v) is 8.63. The molecule has 1 heterocycles. The Kier molecular flexibility index (Phi) is 5.37. The van der Waals surface area contributed by atoms with Crippen molar-refractivity contribution in [2.45, 2.75) is 26.9 Å². The van der Waals surface area contributed by atoms with Gasteiger partial charge in [0.15, 0.2) is 0 Å². The van der Waals surface area contributed by atoms with Crippen molar-refractivity contribution in [3.63, 3.8) is 0 Å². The van der Waals surface area contributed by atoms with Crippen LogP contribution in [0.2, 0.25) is 0 Å². The first kappa shape index (κ1) is 17.7. The van der Waals surface area contributed by atoms with Crippen molar-refractivity contribution in [2.75, 3.05) is 6.61 Å². The van der Waals surface area contributed by atoms with Crippen LogP contribution in [0.1, 0.15) is 17.0 Å². The highest BCUT2D eigenvalue weighted by atomic mass is 16.5. The molecule has 0 fully saturated rings. The van der Waals surface area contributed by atoms with Crippen molar-refractivity contribution in [1.29, 1.82) is 0 Å². The maximum Gasteiger partial charge on any atom is 0.243 e. The van der Waals surface area contributed by atoms with Crippen LogP contribution >= 0.6 is 0 Å². The van der Waals surface area contributed by atoms with Gasteiger partial charge in [0.25, 0.3) is 0 Å². The van der Waals surface area contributed by atoms with E-state index in [2.05, 4.69) is 41.4 Å². The van der Waals surface area contributed by atoms with Crippen molar-refractivity contribution in [2.24, 2.45) is 0 Å². The van der Waals surface area contributed by atoms with E-state index in [4.69, 9.17) is 4.74 Å². The number of nitrogens with one attached hydrogen (secondary N) is 1. The molecule has 5 heteroatoms. The second-order valence-corrected chi connectivity index (χ2v) is 6.18. The van der Waals surface area contributed by atoms with Crippen LogP contribution in [-0.2, 0) is 17.9 Å². The molecule has 0 radical (unpaired) electrons. The zero-order chi connectivity index (χ0) is 18.5. The van der Waals surface area contributed by atoms with Crippen LogP contribution in [-0.4, -0.2) is 22.1 Å². The van der Waals surface area contributed by atoms with E-state index in [9.17, 15) is 4.79 Å². The highest BCUT2D eigenvalue weighted by molar-refractivity contribution is 5.86. The molecule has 5 nitrogen and oxygen atoms in total. The number of imidazole rings is 1. The lowest BCUT2D eigenvalue weighted by Crippen LogP contribution is -2.23. The summed E-state index contributed by atoms with van der Waals surface area (Å²) in [5.74, 6) is 1.44. The summed E-state index contributed by atoms with van der Waals surface area (Å²) in [4.78, 5) is 16.1. The van der Waals surface area contributed by atoms with E-state index in [0.29, 0.717) is 19.7 Å². The topological polar surface area (TPSA) is 56.2 Å². The van der Waals surface area contributed by atoms with Crippen LogP contribution in [0.25, 0.3) is 11.0 Å². The number of para-hydroxylation sites is 2. The van der Waals surface area contributed by atoms with Gasteiger partial charge in [-0.15, -0.1) is 0 Å². The second kappa shape index (κ2) is 7.87. The lowest BCUT2D eigenvalue weighted by atomic mass is 10.1. The third-order valence-corrected chi connectivity index (χ3v) is 4.40. The number of aryl methyl sites for hydroxylation is 2. The Balaban J connectivity index is 1.75. The Morgan fingerprint density at radius 2 is 2.04 bits per heavy atom. The normalized spacial score (nSPS) is 10.7. The summed E-state index contributed by atoms with van der Waals surface area (Å²) >= 11 is 0. The third-order valence-electron chi connectivity index (χ3n) is 4.40. The molecule has 0 atom stereocenters. The van der Waals surface area contributed by atoms with Crippen molar-refractivity contribution in [3.05, 3.63) is 72.1 Å². The van der Waals surface area contributed by atoms with Gasteiger partial charge in [-0.1, -0.05) is 24.8 Å². The summed E-state index contributed by atoms with van der Waals surface area (Å²) in [6, 6.07) is 14.0. The molecule has 0 unspecified atom stereocenters. The van der Waals surface area contributed by atoms with E-state index in [-0.39, 0.29) is 5.91 Å². The molecule has 26 heavy (non-hydrogen) atoms. The Labute approximate surface area is 153 Å². The average molecular weight is 349 g/mol. The number of carbonyl (C=O) groups is 1. The minimum Gasteiger partial charge on any atom is -0.492 e. The van der Waals surface area contributed by atoms with Gasteiger partial charge in [-0.25, -0.2) is 4.98 Å².